The molecule has 2 N–H and O–H groups in total. The van der Waals surface area contributed by atoms with Gasteiger partial charge in [-0.3, -0.25) is 0 Å². The number of nitrogens with two attached hydrogens (primary N) is 1. The zero-order valence-electron chi connectivity index (χ0n) is 8.79. The topological polar surface area (TPSA) is 39.2 Å². The summed E-state index contributed by atoms with van der Waals surface area (Å²) in [6, 6.07) is 6.10. The molecule has 0 saturated heterocycles. The van der Waals surface area contributed by atoms with E-state index in [1.165, 1.54) is 18.4 Å². The number of rotatable bonds is 3. The van der Waals surface area contributed by atoms with Crippen molar-refractivity contribution in [3.05, 3.63) is 57.2 Å². The minimum Gasteiger partial charge on any atom is -0.453 e. The van der Waals surface area contributed by atoms with Gasteiger partial charge < -0.3 is 10.2 Å². The molecule has 17 heavy (non-hydrogen) atoms. The summed E-state index contributed by atoms with van der Waals surface area (Å²) in [6.07, 6.45) is 1.98. The summed E-state index contributed by atoms with van der Waals surface area (Å²) in [5.74, 6) is -0.292. The molecule has 90 valence electrons. The molecular formula is C12H10BrClFNO. The van der Waals surface area contributed by atoms with Crippen LogP contribution in [0.1, 0.15) is 17.2 Å². The largest absolute Gasteiger partial charge is 0.453 e. The molecule has 2 nitrogen and oxygen atoms in total. The molecule has 1 aromatic heterocycles. The summed E-state index contributed by atoms with van der Waals surface area (Å²) in [5, 5.41) is 0.285. The maximum absolute atomic E-state index is 13.2. The Bertz CT molecular complexity index is 509. The molecule has 5 heteroatoms. The second kappa shape index (κ2) is 5.21. The smallest absolute Gasteiger partial charge is 0.197 e. The molecule has 0 bridgehead atoms. The first kappa shape index (κ1) is 12.6. The van der Waals surface area contributed by atoms with Crippen molar-refractivity contribution >= 4 is 27.5 Å². The summed E-state index contributed by atoms with van der Waals surface area (Å²) in [4.78, 5) is 0. The molecule has 0 spiro atoms. The predicted molar refractivity (Wildman–Crippen MR) is 68.5 cm³/mol. The average Bonchev–Trinajstić information content (AvgIpc) is 2.62. The van der Waals surface area contributed by atoms with E-state index in [0.717, 1.165) is 11.1 Å². The Balaban J connectivity index is 2.18. The molecule has 0 saturated carbocycles. The Hall–Kier alpha value is -0.840. The molecule has 1 heterocycles. The molecule has 0 aliphatic heterocycles. The molecule has 0 fully saturated rings. The summed E-state index contributed by atoms with van der Waals surface area (Å²) < 4.78 is 18.9. The van der Waals surface area contributed by atoms with Crippen LogP contribution in [-0.2, 0) is 6.42 Å². The van der Waals surface area contributed by atoms with Crippen molar-refractivity contribution in [2.45, 2.75) is 12.5 Å². The Labute approximate surface area is 112 Å². The number of halogens is 3. The minimum atomic E-state index is -0.310. The normalized spacial score (nSPS) is 12.7. The maximum atomic E-state index is 13.2. The lowest BCUT2D eigenvalue weighted by Gasteiger charge is -2.10. The average molecular weight is 319 g/mol. The van der Waals surface area contributed by atoms with Crippen LogP contribution in [0, 0.1) is 5.82 Å². The van der Waals surface area contributed by atoms with Crippen LogP contribution in [0.5, 0.6) is 0 Å². The zero-order chi connectivity index (χ0) is 12.4. The fraction of sp³-hybridized carbons (Fsp3) is 0.167. The standard InChI is InChI=1S/C12H10BrClFNO/c13-8-3-7(4-9(15)6-8)5-11(16)10-1-2-17-12(10)14/h1-4,6,11H,5,16H2. The summed E-state index contributed by atoms with van der Waals surface area (Å²) in [6.45, 7) is 0. The summed E-state index contributed by atoms with van der Waals surface area (Å²) in [5.41, 5.74) is 7.53. The number of furan rings is 1. The third-order valence-electron chi connectivity index (χ3n) is 2.42. The van der Waals surface area contributed by atoms with Gasteiger partial charge in [0.1, 0.15) is 5.82 Å². The highest BCUT2D eigenvalue weighted by Gasteiger charge is 2.14. The van der Waals surface area contributed by atoms with Gasteiger partial charge in [-0.15, -0.1) is 0 Å². The Kier molecular flexibility index (Phi) is 3.86. The third kappa shape index (κ3) is 3.09. The van der Waals surface area contributed by atoms with Gasteiger partial charge in [-0.1, -0.05) is 15.9 Å². The van der Waals surface area contributed by atoms with Crippen LogP contribution in [0.15, 0.2) is 39.4 Å². The van der Waals surface area contributed by atoms with Crippen molar-refractivity contribution < 1.29 is 8.81 Å². The van der Waals surface area contributed by atoms with Crippen molar-refractivity contribution in [2.24, 2.45) is 5.73 Å². The lowest BCUT2D eigenvalue weighted by Crippen LogP contribution is -2.13. The predicted octanol–water partition coefficient (Wildman–Crippen LogP) is 4.08. The molecule has 2 rings (SSSR count). The molecule has 0 radical (unpaired) electrons. The monoisotopic (exact) mass is 317 g/mol. The SMILES string of the molecule is NC(Cc1cc(F)cc(Br)c1)c1ccoc1Cl. The minimum absolute atomic E-state index is 0.285. The van der Waals surface area contributed by atoms with Gasteiger partial charge in [-0.2, -0.15) is 0 Å². The number of hydrogen-bond acceptors (Lipinski definition) is 2. The van der Waals surface area contributed by atoms with Gasteiger partial charge in [0.25, 0.3) is 0 Å². The highest BCUT2D eigenvalue weighted by Crippen LogP contribution is 2.26. The van der Waals surface area contributed by atoms with E-state index in [2.05, 4.69) is 15.9 Å². The molecule has 1 aromatic carbocycles. The second-order valence-electron chi connectivity index (χ2n) is 3.74. The van der Waals surface area contributed by atoms with E-state index in [4.69, 9.17) is 21.8 Å². The third-order valence-corrected chi connectivity index (χ3v) is 3.19. The van der Waals surface area contributed by atoms with Gasteiger partial charge >= 0.3 is 0 Å². The molecule has 0 amide bonds. The number of hydrogen-bond donors (Lipinski definition) is 1. The van der Waals surface area contributed by atoms with Gasteiger partial charge in [-0.05, 0) is 47.9 Å². The zero-order valence-corrected chi connectivity index (χ0v) is 11.1. The van der Waals surface area contributed by atoms with E-state index in [0.29, 0.717) is 10.9 Å². The molecular weight excluding hydrogens is 308 g/mol. The second-order valence-corrected chi connectivity index (χ2v) is 5.00. The van der Waals surface area contributed by atoms with Gasteiger partial charge in [0.2, 0.25) is 0 Å². The molecule has 2 aromatic rings. The maximum Gasteiger partial charge on any atom is 0.197 e. The van der Waals surface area contributed by atoms with Crippen LogP contribution in [0.3, 0.4) is 0 Å². The highest BCUT2D eigenvalue weighted by molar-refractivity contribution is 9.10. The lowest BCUT2D eigenvalue weighted by molar-refractivity contribution is 0.560. The van der Waals surface area contributed by atoms with Crippen molar-refractivity contribution in [2.75, 3.05) is 0 Å². The Morgan fingerprint density at radius 3 is 2.76 bits per heavy atom. The van der Waals surface area contributed by atoms with Gasteiger partial charge in [0.05, 0.1) is 6.26 Å². The van der Waals surface area contributed by atoms with Gasteiger partial charge in [0, 0.05) is 16.1 Å². The van der Waals surface area contributed by atoms with Gasteiger partial charge in [0.15, 0.2) is 5.22 Å². The van der Waals surface area contributed by atoms with E-state index in [9.17, 15) is 4.39 Å². The first-order valence-electron chi connectivity index (χ1n) is 4.99. The van der Waals surface area contributed by atoms with Crippen molar-refractivity contribution in [1.82, 2.24) is 0 Å². The summed E-state index contributed by atoms with van der Waals surface area (Å²) >= 11 is 9.07. The van der Waals surface area contributed by atoms with Crippen molar-refractivity contribution in [3.63, 3.8) is 0 Å². The first-order valence-corrected chi connectivity index (χ1v) is 6.17. The van der Waals surface area contributed by atoms with Crippen LogP contribution < -0.4 is 5.73 Å². The quantitative estimate of drug-likeness (QED) is 0.926. The summed E-state index contributed by atoms with van der Waals surface area (Å²) in [7, 11) is 0. The van der Waals surface area contributed by atoms with Crippen LogP contribution in [0.4, 0.5) is 4.39 Å². The molecule has 0 aliphatic carbocycles. The van der Waals surface area contributed by atoms with Crippen molar-refractivity contribution in [3.8, 4) is 0 Å². The fourth-order valence-corrected chi connectivity index (χ4v) is 2.43. The van der Waals surface area contributed by atoms with E-state index < -0.39 is 0 Å². The van der Waals surface area contributed by atoms with E-state index in [-0.39, 0.29) is 17.1 Å². The van der Waals surface area contributed by atoms with Crippen LogP contribution >= 0.6 is 27.5 Å². The van der Waals surface area contributed by atoms with Crippen LogP contribution in [-0.4, -0.2) is 0 Å². The number of benzene rings is 1. The van der Waals surface area contributed by atoms with Crippen molar-refractivity contribution in [1.29, 1.82) is 0 Å². The first-order chi connectivity index (χ1) is 8.06. The van der Waals surface area contributed by atoms with Crippen LogP contribution in [0.25, 0.3) is 0 Å². The van der Waals surface area contributed by atoms with E-state index >= 15 is 0 Å². The highest BCUT2D eigenvalue weighted by atomic mass is 79.9. The molecule has 1 unspecified atom stereocenters. The van der Waals surface area contributed by atoms with E-state index in [1.54, 1.807) is 6.07 Å². The van der Waals surface area contributed by atoms with Gasteiger partial charge in [-0.25, -0.2) is 4.39 Å². The Morgan fingerprint density at radius 2 is 2.18 bits per heavy atom. The molecule has 0 aliphatic rings. The fourth-order valence-electron chi connectivity index (χ4n) is 1.66. The molecule has 1 atom stereocenters. The lowest BCUT2D eigenvalue weighted by atomic mass is 10.0. The van der Waals surface area contributed by atoms with E-state index in [1.807, 2.05) is 6.07 Å². The Morgan fingerprint density at radius 1 is 1.41 bits per heavy atom. The van der Waals surface area contributed by atoms with Crippen LogP contribution in [0.2, 0.25) is 5.22 Å².